The summed E-state index contributed by atoms with van der Waals surface area (Å²) in [5.41, 5.74) is 1.46. The van der Waals surface area contributed by atoms with Gasteiger partial charge in [0.15, 0.2) is 0 Å². The second-order valence-corrected chi connectivity index (χ2v) is 4.05. The zero-order valence-electron chi connectivity index (χ0n) is 11.7. The number of carbonyl (C=O) groups excluding carboxylic acids is 2. The van der Waals surface area contributed by atoms with Crippen molar-refractivity contribution < 1.29 is 19.1 Å². The Kier molecular flexibility index (Phi) is 6.89. The number of carbonyl (C=O) groups is 2. The van der Waals surface area contributed by atoms with Gasteiger partial charge < -0.3 is 19.6 Å². The lowest BCUT2D eigenvalue weighted by Gasteiger charge is -2.11. The zero-order chi connectivity index (χ0) is 14.8. The monoisotopic (exact) mass is 277 g/mol. The molecule has 0 saturated carbocycles. The fourth-order valence-corrected chi connectivity index (χ4v) is 1.61. The summed E-state index contributed by atoms with van der Waals surface area (Å²) in [4.78, 5) is 21.7. The molecular weight excluding hydrogens is 258 g/mol. The number of hydrogen-bond donors (Lipinski definition) is 1. The number of hydrogen-bond acceptors (Lipinski definition) is 5. The lowest BCUT2D eigenvalue weighted by atomic mass is 10.1. The van der Waals surface area contributed by atoms with Gasteiger partial charge in [-0.15, -0.1) is 0 Å². The smallest absolute Gasteiger partial charge is 0.332 e. The highest BCUT2D eigenvalue weighted by atomic mass is 16.5. The predicted octanol–water partition coefficient (Wildman–Crippen LogP) is 1.78. The van der Waals surface area contributed by atoms with Crippen LogP contribution in [-0.2, 0) is 14.3 Å². The van der Waals surface area contributed by atoms with Crippen LogP contribution in [0, 0.1) is 0 Å². The number of methoxy groups -OCH3 is 2. The average Bonchev–Trinajstić information content (AvgIpc) is 2.50. The standard InChI is InChI=1S/C15H19NO4/c1-19-13-7-5-6-12(10-13)14(11-15(18)20-2)16-8-3-4-9-17/h5-7,9-11,16H,3-4,8H2,1-2H3/b14-11-. The Balaban J connectivity index is 2.88. The minimum Gasteiger partial charge on any atom is -0.497 e. The molecule has 0 aliphatic rings. The van der Waals surface area contributed by atoms with Crippen molar-refractivity contribution in [2.24, 2.45) is 0 Å². The van der Waals surface area contributed by atoms with Gasteiger partial charge in [0.1, 0.15) is 12.0 Å². The highest BCUT2D eigenvalue weighted by Crippen LogP contribution is 2.18. The zero-order valence-corrected chi connectivity index (χ0v) is 11.7. The summed E-state index contributed by atoms with van der Waals surface area (Å²) < 4.78 is 9.81. The third-order valence-electron chi connectivity index (χ3n) is 2.66. The molecule has 0 fully saturated rings. The van der Waals surface area contributed by atoms with Gasteiger partial charge in [0.05, 0.1) is 14.2 Å². The van der Waals surface area contributed by atoms with Crippen LogP contribution in [0.5, 0.6) is 5.75 Å². The van der Waals surface area contributed by atoms with Gasteiger partial charge in [0, 0.05) is 30.3 Å². The van der Waals surface area contributed by atoms with Crippen LogP contribution in [0.3, 0.4) is 0 Å². The summed E-state index contributed by atoms with van der Waals surface area (Å²) in [5, 5.41) is 3.13. The molecule has 1 aromatic carbocycles. The van der Waals surface area contributed by atoms with Crippen LogP contribution in [0.15, 0.2) is 30.3 Å². The molecule has 0 radical (unpaired) electrons. The fourth-order valence-electron chi connectivity index (χ4n) is 1.61. The minimum atomic E-state index is -0.439. The average molecular weight is 277 g/mol. The summed E-state index contributed by atoms with van der Waals surface area (Å²) >= 11 is 0. The molecule has 1 N–H and O–H groups in total. The van der Waals surface area contributed by atoms with E-state index in [1.807, 2.05) is 24.3 Å². The van der Waals surface area contributed by atoms with Crippen molar-refractivity contribution in [3.05, 3.63) is 35.9 Å². The molecular formula is C15H19NO4. The van der Waals surface area contributed by atoms with Gasteiger partial charge in [0.25, 0.3) is 0 Å². The molecule has 0 bridgehead atoms. The van der Waals surface area contributed by atoms with Crippen molar-refractivity contribution >= 4 is 18.0 Å². The quantitative estimate of drug-likeness (QED) is 0.339. The van der Waals surface area contributed by atoms with E-state index in [1.165, 1.54) is 13.2 Å². The van der Waals surface area contributed by atoms with Crippen LogP contribution < -0.4 is 10.1 Å². The maximum atomic E-state index is 11.4. The highest BCUT2D eigenvalue weighted by Gasteiger charge is 2.06. The van der Waals surface area contributed by atoms with Crippen molar-refractivity contribution in [1.82, 2.24) is 5.32 Å². The van der Waals surface area contributed by atoms with Crippen LogP contribution in [0.4, 0.5) is 0 Å². The molecule has 0 aliphatic carbocycles. The van der Waals surface area contributed by atoms with E-state index in [0.29, 0.717) is 30.8 Å². The van der Waals surface area contributed by atoms with Gasteiger partial charge in [-0.3, -0.25) is 0 Å². The van der Waals surface area contributed by atoms with E-state index in [0.717, 1.165) is 11.8 Å². The first-order valence-corrected chi connectivity index (χ1v) is 6.33. The highest BCUT2D eigenvalue weighted by molar-refractivity contribution is 5.90. The largest absolute Gasteiger partial charge is 0.497 e. The molecule has 0 unspecified atom stereocenters. The maximum Gasteiger partial charge on any atom is 0.332 e. The van der Waals surface area contributed by atoms with Crippen LogP contribution >= 0.6 is 0 Å². The minimum absolute atomic E-state index is 0.439. The summed E-state index contributed by atoms with van der Waals surface area (Å²) in [6.07, 6.45) is 3.44. The van der Waals surface area contributed by atoms with Crippen molar-refractivity contribution in [2.75, 3.05) is 20.8 Å². The first-order valence-electron chi connectivity index (χ1n) is 6.33. The van der Waals surface area contributed by atoms with Crippen molar-refractivity contribution in [3.63, 3.8) is 0 Å². The van der Waals surface area contributed by atoms with Gasteiger partial charge in [-0.05, 0) is 18.6 Å². The molecule has 20 heavy (non-hydrogen) atoms. The van der Waals surface area contributed by atoms with E-state index in [4.69, 9.17) is 4.74 Å². The van der Waals surface area contributed by atoms with Gasteiger partial charge in [-0.1, -0.05) is 12.1 Å². The molecule has 1 rings (SSSR count). The molecule has 0 amide bonds. The Labute approximate surface area is 118 Å². The maximum absolute atomic E-state index is 11.4. The Morgan fingerprint density at radius 3 is 2.80 bits per heavy atom. The van der Waals surface area contributed by atoms with Crippen LogP contribution in [0.25, 0.3) is 5.70 Å². The fraction of sp³-hybridized carbons (Fsp3) is 0.333. The van der Waals surface area contributed by atoms with Crippen molar-refractivity contribution in [1.29, 1.82) is 0 Å². The van der Waals surface area contributed by atoms with E-state index in [1.54, 1.807) is 7.11 Å². The van der Waals surface area contributed by atoms with Crippen molar-refractivity contribution in [3.8, 4) is 5.75 Å². The number of rotatable bonds is 8. The van der Waals surface area contributed by atoms with E-state index in [2.05, 4.69) is 10.1 Å². The normalized spacial score (nSPS) is 10.8. The topological polar surface area (TPSA) is 64.6 Å². The van der Waals surface area contributed by atoms with E-state index >= 15 is 0 Å². The molecule has 0 saturated heterocycles. The molecule has 0 spiro atoms. The Morgan fingerprint density at radius 1 is 1.35 bits per heavy atom. The number of unbranched alkanes of at least 4 members (excludes halogenated alkanes) is 1. The van der Waals surface area contributed by atoms with Gasteiger partial charge in [0.2, 0.25) is 0 Å². The van der Waals surface area contributed by atoms with Gasteiger partial charge in [-0.25, -0.2) is 4.79 Å². The second-order valence-electron chi connectivity index (χ2n) is 4.05. The molecule has 0 heterocycles. The molecule has 5 heteroatoms. The van der Waals surface area contributed by atoms with Crippen LogP contribution in [0.1, 0.15) is 18.4 Å². The lowest BCUT2D eigenvalue weighted by molar-refractivity contribution is -0.134. The summed E-state index contributed by atoms with van der Waals surface area (Å²) in [6, 6.07) is 7.35. The number of aldehydes is 1. The molecule has 0 aliphatic heterocycles. The molecule has 0 aromatic heterocycles. The lowest BCUT2D eigenvalue weighted by Crippen LogP contribution is -2.15. The third-order valence-corrected chi connectivity index (χ3v) is 2.66. The molecule has 0 atom stereocenters. The van der Waals surface area contributed by atoms with Crippen LogP contribution in [0.2, 0.25) is 0 Å². The number of benzene rings is 1. The molecule has 5 nitrogen and oxygen atoms in total. The number of ether oxygens (including phenoxy) is 2. The van der Waals surface area contributed by atoms with E-state index < -0.39 is 5.97 Å². The van der Waals surface area contributed by atoms with E-state index in [-0.39, 0.29) is 0 Å². The second kappa shape index (κ2) is 8.74. The SMILES string of the molecule is COC(=O)/C=C(\NCCCC=O)c1cccc(OC)c1. The first-order chi connectivity index (χ1) is 9.71. The number of nitrogens with one attached hydrogen (secondary N) is 1. The summed E-state index contributed by atoms with van der Waals surface area (Å²) in [7, 11) is 2.91. The number of esters is 1. The predicted molar refractivity (Wildman–Crippen MR) is 76.3 cm³/mol. The first kappa shape index (κ1) is 15.8. The Morgan fingerprint density at radius 2 is 2.15 bits per heavy atom. The van der Waals surface area contributed by atoms with Crippen LogP contribution in [-0.4, -0.2) is 33.0 Å². The Bertz CT molecular complexity index is 483. The molecule has 108 valence electrons. The molecule has 1 aromatic rings. The van der Waals surface area contributed by atoms with Gasteiger partial charge >= 0.3 is 5.97 Å². The summed E-state index contributed by atoms with van der Waals surface area (Å²) in [6.45, 7) is 0.596. The van der Waals surface area contributed by atoms with E-state index in [9.17, 15) is 9.59 Å². The third kappa shape index (κ3) is 5.14. The Hall–Kier alpha value is -2.30. The van der Waals surface area contributed by atoms with Crippen molar-refractivity contribution in [2.45, 2.75) is 12.8 Å². The summed E-state index contributed by atoms with van der Waals surface area (Å²) in [5.74, 6) is 0.263. The van der Waals surface area contributed by atoms with Gasteiger partial charge in [-0.2, -0.15) is 0 Å².